The van der Waals surface area contributed by atoms with Gasteiger partial charge in [-0.15, -0.1) is 0 Å². The van der Waals surface area contributed by atoms with Gasteiger partial charge in [-0.1, -0.05) is 0 Å². The van der Waals surface area contributed by atoms with Crippen molar-refractivity contribution < 1.29 is 4.39 Å². The molecule has 4 nitrogen and oxygen atoms in total. The standard InChI is InChI=1S/C15H11FN4/c16-11-5-3-9(4-6-11)12-7-17-15-14(20-12)13(10-1-2-10)18-8-19-15/h3-8,10H,1-2H2. The zero-order valence-electron chi connectivity index (χ0n) is 10.6. The van der Waals surface area contributed by atoms with Crippen LogP contribution in [0.2, 0.25) is 0 Å². The molecule has 5 heteroatoms. The smallest absolute Gasteiger partial charge is 0.181 e. The average Bonchev–Trinajstić information content (AvgIpc) is 3.31. The largest absolute Gasteiger partial charge is 0.241 e. The fourth-order valence-electron chi connectivity index (χ4n) is 2.27. The van der Waals surface area contributed by atoms with Crippen LogP contribution in [-0.4, -0.2) is 19.9 Å². The zero-order chi connectivity index (χ0) is 13.5. The van der Waals surface area contributed by atoms with Crippen molar-refractivity contribution in [2.75, 3.05) is 0 Å². The summed E-state index contributed by atoms with van der Waals surface area (Å²) in [5, 5.41) is 0. The Morgan fingerprint density at radius 1 is 1.00 bits per heavy atom. The third-order valence-corrected chi connectivity index (χ3v) is 3.48. The molecule has 2 aromatic heterocycles. The van der Waals surface area contributed by atoms with Gasteiger partial charge in [-0.2, -0.15) is 0 Å². The Balaban J connectivity index is 1.89. The first-order chi connectivity index (χ1) is 9.81. The second-order valence-corrected chi connectivity index (χ2v) is 4.97. The van der Waals surface area contributed by atoms with E-state index < -0.39 is 0 Å². The highest BCUT2D eigenvalue weighted by molar-refractivity contribution is 5.76. The first-order valence-corrected chi connectivity index (χ1v) is 6.55. The van der Waals surface area contributed by atoms with E-state index in [4.69, 9.17) is 0 Å². The lowest BCUT2D eigenvalue weighted by atomic mass is 10.1. The maximum atomic E-state index is 13.0. The third-order valence-electron chi connectivity index (χ3n) is 3.48. The van der Waals surface area contributed by atoms with Gasteiger partial charge in [0.05, 0.1) is 17.6 Å². The highest BCUT2D eigenvalue weighted by Gasteiger charge is 2.28. The molecule has 1 aliphatic rings. The number of halogens is 1. The van der Waals surface area contributed by atoms with Crippen molar-refractivity contribution in [2.24, 2.45) is 0 Å². The molecule has 20 heavy (non-hydrogen) atoms. The molecule has 0 amide bonds. The highest BCUT2D eigenvalue weighted by atomic mass is 19.1. The highest BCUT2D eigenvalue weighted by Crippen LogP contribution is 2.41. The summed E-state index contributed by atoms with van der Waals surface area (Å²) >= 11 is 0. The van der Waals surface area contributed by atoms with Crippen LogP contribution in [0.5, 0.6) is 0 Å². The van der Waals surface area contributed by atoms with E-state index in [2.05, 4.69) is 19.9 Å². The van der Waals surface area contributed by atoms with Crippen LogP contribution in [-0.2, 0) is 0 Å². The molecule has 98 valence electrons. The van der Waals surface area contributed by atoms with Crippen LogP contribution in [0.3, 0.4) is 0 Å². The first-order valence-electron chi connectivity index (χ1n) is 6.55. The van der Waals surface area contributed by atoms with Crippen molar-refractivity contribution in [1.29, 1.82) is 0 Å². The number of nitrogens with zero attached hydrogens (tertiary/aromatic N) is 4. The molecule has 1 saturated carbocycles. The number of benzene rings is 1. The summed E-state index contributed by atoms with van der Waals surface area (Å²) in [6, 6.07) is 6.24. The van der Waals surface area contributed by atoms with Crippen molar-refractivity contribution in [1.82, 2.24) is 19.9 Å². The van der Waals surface area contributed by atoms with Gasteiger partial charge in [0.1, 0.15) is 17.7 Å². The third kappa shape index (κ3) is 1.91. The molecule has 2 heterocycles. The van der Waals surface area contributed by atoms with Gasteiger partial charge in [-0.05, 0) is 37.1 Å². The fourth-order valence-corrected chi connectivity index (χ4v) is 2.27. The molecule has 1 aliphatic carbocycles. The molecule has 0 bridgehead atoms. The first kappa shape index (κ1) is 11.4. The van der Waals surface area contributed by atoms with Crippen LogP contribution >= 0.6 is 0 Å². The summed E-state index contributed by atoms with van der Waals surface area (Å²) in [7, 11) is 0. The lowest BCUT2D eigenvalue weighted by Crippen LogP contribution is -1.97. The number of hydrogen-bond acceptors (Lipinski definition) is 4. The molecule has 0 aliphatic heterocycles. The average molecular weight is 266 g/mol. The van der Waals surface area contributed by atoms with Crippen LogP contribution in [0.4, 0.5) is 4.39 Å². The zero-order valence-corrected chi connectivity index (χ0v) is 10.6. The van der Waals surface area contributed by atoms with Gasteiger partial charge >= 0.3 is 0 Å². The van der Waals surface area contributed by atoms with Crippen LogP contribution < -0.4 is 0 Å². The van der Waals surface area contributed by atoms with E-state index in [9.17, 15) is 4.39 Å². The molecular formula is C15H11FN4. The Bertz CT molecular complexity index is 781. The topological polar surface area (TPSA) is 51.6 Å². The molecule has 1 aromatic carbocycles. The summed E-state index contributed by atoms with van der Waals surface area (Å²) < 4.78 is 13.0. The van der Waals surface area contributed by atoms with E-state index >= 15 is 0 Å². The van der Waals surface area contributed by atoms with Crippen molar-refractivity contribution >= 4 is 11.2 Å². The molecule has 0 N–H and O–H groups in total. The van der Waals surface area contributed by atoms with Gasteiger partial charge < -0.3 is 0 Å². The summed E-state index contributed by atoms with van der Waals surface area (Å²) in [5.74, 6) is 0.225. The van der Waals surface area contributed by atoms with Crippen LogP contribution in [0.15, 0.2) is 36.8 Å². The molecule has 0 saturated heterocycles. The molecule has 1 fully saturated rings. The minimum atomic E-state index is -0.260. The van der Waals surface area contributed by atoms with E-state index in [1.165, 1.54) is 12.1 Å². The monoisotopic (exact) mass is 266 g/mol. The van der Waals surface area contributed by atoms with Crippen LogP contribution in [0.1, 0.15) is 24.5 Å². The van der Waals surface area contributed by atoms with Gasteiger partial charge in [0.25, 0.3) is 0 Å². The lowest BCUT2D eigenvalue weighted by molar-refractivity contribution is 0.628. The van der Waals surface area contributed by atoms with Crippen molar-refractivity contribution in [3.8, 4) is 11.3 Å². The molecular weight excluding hydrogens is 255 g/mol. The summed E-state index contributed by atoms with van der Waals surface area (Å²) in [6.45, 7) is 0. The minimum Gasteiger partial charge on any atom is -0.241 e. The molecule has 0 radical (unpaired) electrons. The summed E-state index contributed by atoms with van der Waals surface area (Å²) in [5.41, 5.74) is 3.91. The lowest BCUT2D eigenvalue weighted by Gasteiger charge is -2.05. The second-order valence-electron chi connectivity index (χ2n) is 4.97. The molecule has 3 aromatic rings. The van der Waals surface area contributed by atoms with E-state index in [0.717, 1.165) is 29.6 Å². The predicted molar refractivity (Wildman–Crippen MR) is 72.5 cm³/mol. The van der Waals surface area contributed by atoms with E-state index in [-0.39, 0.29) is 5.82 Å². The van der Waals surface area contributed by atoms with Crippen LogP contribution in [0.25, 0.3) is 22.4 Å². The van der Waals surface area contributed by atoms with Crippen molar-refractivity contribution in [3.63, 3.8) is 0 Å². The minimum absolute atomic E-state index is 0.260. The molecule has 4 rings (SSSR count). The van der Waals surface area contributed by atoms with Gasteiger partial charge in [0, 0.05) is 11.5 Å². The predicted octanol–water partition coefficient (Wildman–Crippen LogP) is 3.10. The van der Waals surface area contributed by atoms with Crippen molar-refractivity contribution in [3.05, 3.63) is 48.3 Å². The van der Waals surface area contributed by atoms with Gasteiger partial charge in [-0.3, -0.25) is 0 Å². The molecule has 0 unspecified atom stereocenters. The maximum Gasteiger partial charge on any atom is 0.181 e. The van der Waals surface area contributed by atoms with E-state index in [0.29, 0.717) is 17.3 Å². The normalized spacial score (nSPS) is 14.7. The van der Waals surface area contributed by atoms with Crippen molar-refractivity contribution in [2.45, 2.75) is 18.8 Å². The van der Waals surface area contributed by atoms with Gasteiger partial charge in [0.15, 0.2) is 5.65 Å². The Hall–Kier alpha value is -2.43. The van der Waals surface area contributed by atoms with Gasteiger partial charge in [-0.25, -0.2) is 24.3 Å². The van der Waals surface area contributed by atoms with Crippen LogP contribution in [0, 0.1) is 5.82 Å². The Morgan fingerprint density at radius 3 is 2.55 bits per heavy atom. The number of rotatable bonds is 2. The maximum absolute atomic E-state index is 13.0. The van der Waals surface area contributed by atoms with Gasteiger partial charge in [0.2, 0.25) is 0 Å². The molecule has 0 atom stereocenters. The van der Waals surface area contributed by atoms with E-state index in [1.54, 1.807) is 24.7 Å². The fraction of sp³-hybridized carbons (Fsp3) is 0.200. The Morgan fingerprint density at radius 2 is 1.80 bits per heavy atom. The molecule has 0 spiro atoms. The quantitative estimate of drug-likeness (QED) is 0.715. The number of fused-ring (bicyclic) bond motifs is 1. The summed E-state index contributed by atoms with van der Waals surface area (Å²) in [6.07, 6.45) is 5.50. The Kier molecular flexibility index (Phi) is 2.45. The Labute approximate surface area is 114 Å². The SMILES string of the molecule is Fc1ccc(-c2cnc3ncnc(C4CC4)c3n2)cc1. The van der Waals surface area contributed by atoms with E-state index in [1.807, 2.05) is 0 Å². The second kappa shape index (κ2) is 4.30. The summed E-state index contributed by atoms with van der Waals surface area (Å²) in [4.78, 5) is 17.5. The number of aromatic nitrogens is 4. The number of hydrogen-bond donors (Lipinski definition) is 0.